The van der Waals surface area contributed by atoms with E-state index in [1.165, 1.54) is 54.9 Å². The van der Waals surface area contributed by atoms with Crippen LogP contribution in [-0.4, -0.2) is 18.3 Å². The Morgan fingerprint density at radius 2 is 1.94 bits per heavy atom. The van der Waals surface area contributed by atoms with Gasteiger partial charge in [0.15, 0.2) is 0 Å². The molecule has 1 aromatic carbocycles. The van der Waals surface area contributed by atoms with Crippen molar-refractivity contribution in [3.8, 4) is 0 Å². The van der Waals surface area contributed by atoms with Crippen molar-refractivity contribution in [2.45, 2.75) is 43.0 Å². The fourth-order valence-electron chi connectivity index (χ4n) is 2.44. The molecule has 1 aliphatic heterocycles. The van der Waals surface area contributed by atoms with Crippen molar-refractivity contribution in [1.82, 2.24) is 5.32 Å². The Hall–Kier alpha value is -0.470. The van der Waals surface area contributed by atoms with Gasteiger partial charge in [0.2, 0.25) is 0 Å². The summed E-state index contributed by atoms with van der Waals surface area (Å²) in [5.41, 5.74) is 1.49. The fraction of sp³-hybridized carbons (Fsp3) is 0.600. The zero-order valence-electron chi connectivity index (χ0n) is 10.3. The lowest BCUT2D eigenvalue weighted by molar-refractivity contribution is 0.603. The minimum absolute atomic E-state index is 0.722. The zero-order valence-corrected chi connectivity index (χ0v) is 11.1. The van der Waals surface area contributed by atoms with E-state index in [4.69, 9.17) is 0 Å². The molecule has 3 rings (SSSR count). The van der Waals surface area contributed by atoms with Gasteiger partial charge in [-0.05, 0) is 62.3 Å². The monoisotopic (exact) mass is 247 g/mol. The van der Waals surface area contributed by atoms with Crippen LogP contribution in [0.25, 0.3) is 0 Å². The summed E-state index contributed by atoms with van der Waals surface area (Å²) >= 11 is 2.03. The molecular formula is C15H21NS. The number of hydrogen-bond donors (Lipinski definition) is 1. The quantitative estimate of drug-likeness (QED) is 0.799. The molecule has 2 aliphatic rings. The van der Waals surface area contributed by atoms with Crippen LogP contribution < -0.4 is 5.32 Å². The Morgan fingerprint density at radius 3 is 2.59 bits per heavy atom. The molecule has 0 bridgehead atoms. The van der Waals surface area contributed by atoms with Crippen LogP contribution in [0.2, 0.25) is 0 Å². The maximum absolute atomic E-state index is 3.56. The summed E-state index contributed by atoms with van der Waals surface area (Å²) in [7, 11) is 0. The number of nitrogens with one attached hydrogen (secondary N) is 1. The highest BCUT2D eigenvalue weighted by Gasteiger charge is 2.21. The lowest BCUT2D eigenvalue weighted by Gasteiger charge is -2.10. The molecule has 92 valence electrons. The van der Waals surface area contributed by atoms with Crippen LogP contribution >= 0.6 is 11.8 Å². The Labute approximate surface area is 108 Å². The van der Waals surface area contributed by atoms with E-state index in [2.05, 4.69) is 29.6 Å². The minimum Gasteiger partial charge on any atom is -0.314 e. The topological polar surface area (TPSA) is 12.0 Å². The van der Waals surface area contributed by atoms with Crippen LogP contribution in [0.3, 0.4) is 0 Å². The van der Waals surface area contributed by atoms with E-state index in [-0.39, 0.29) is 0 Å². The van der Waals surface area contributed by atoms with Crippen molar-refractivity contribution >= 4 is 11.8 Å². The normalized spacial score (nSPS) is 24.1. The highest BCUT2D eigenvalue weighted by atomic mass is 32.2. The van der Waals surface area contributed by atoms with Gasteiger partial charge in [0.05, 0.1) is 0 Å². The second-order valence-corrected chi connectivity index (χ2v) is 6.49. The van der Waals surface area contributed by atoms with E-state index in [1.807, 2.05) is 11.8 Å². The highest BCUT2D eigenvalue weighted by Crippen LogP contribution is 2.35. The average molecular weight is 247 g/mol. The van der Waals surface area contributed by atoms with E-state index in [0.717, 1.165) is 12.0 Å². The van der Waals surface area contributed by atoms with E-state index in [1.54, 1.807) is 0 Å². The van der Waals surface area contributed by atoms with Gasteiger partial charge in [0.1, 0.15) is 0 Å². The second-order valence-electron chi connectivity index (χ2n) is 5.40. The third-order valence-corrected chi connectivity index (χ3v) is 4.99. The van der Waals surface area contributed by atoms with Crippen LogP contribution in [0.5, 0.6) is 0 Å². The molecule has 1 unspecified atom stereocenters. The molecule has 0 amide bonds. The van der Waals surface area contributed by atoms with Gasteiger partial charge in [-0.25, -0.2) is 0 Å². The van der Waals surface area contributed by atoms with Crippen molar-refractivity contribution in [2.75, 3.05) is 12.3 Å². The molecule has 0 spiro atoms. The Morgan fingerprint density at radius 1 is 1.12 bits per heavy atom. The molecule has 0 radical (unpaired) electrons. The van der Waals surface area contributed by atoms with Gasteiger partial charge in [-0.2, -0.15) is 0 Å². The second kappa shape index (κ2) is 5.45. The molecule has 1 nitrogen and oxygen atoms in total. The van der Waals surface area contributed by atoms with Crippen LogP contribution in [0.1, 0.15) is 31.2 Å². The molecule has 1 aromatic rings. The van der Waals surface area contributed by atoms with Crippen LogP contribution in [0.15, 0.2) is 29.2 Å². The third-order valence-electron chi connectivity index (χ3n) is 3.75. The maximum Gasteiger partial charge on any atom is 0.0108 e. The predicted octanol–water partition coefficient (Wildman–Crippen LogP) is 3.48. The summed E-state index contributed by atoms with van der Waals surface area (Å²) in [5, 5.41) is 3.56. The molecule has 1 aliphatic carbocycles. The number of thioether (sulfide) groups is 1. The number of benzene rings is 1. The van der Waals surface area contributed by atoms with Gasteiger partial charge < -0.3 is 5.32 Å². The molecule has 0 aromatic heterocycles. The molecule has 2 heteroatoms. The van der Waals surface area contributed by atoms with Crippen molar-refractivity contribution < 1.29 is 0 Å². The molecule has 17 heavy (non-hydrogen) atoms. The molecule has 1 saturated carbocycles. The summed E-state index contributed by atoms with van der Waals surface area (Å²) in [5.74, 6) is 2.34. The summed E-state index contributed by atoms with van der Waals surface area (Å²) in [6.45, 7) is 1.21. The van der Waals surface area contributed by atoms with Crippen molar-refractivity contribution in [2.24, 2.45) is 5.92 Å². The zero-order chi connectivity index (χ0) is 11.5. The van der Waals surface area contributed by atoms with Crippen molar-refractivity contribution in [1.29, 1.82) is 0 Å². The predicted molar refractivity (Wildman–Crippen MR) is 74.6 cm³/mol. The largest absolute Gasteiger partial charge is 0.314 e. The van der Waals surface area contributed by atoms with Crippen LogP contribution in [0.4, 0.5) is 0 Å². The van der Waals surface area contributed by atoms with Crippen molar-refractivity contribution in [3.63, 3.8) is 0 Å². The van der Waals surface area contributed by atoms with Gasteiger partial charge in [-0.3, -0.25) is 0 Å². The van der Waals surface area contributed by atoms with E-state index < -0.39 is 0 Å². The van der Waals surface area contributed by atoms with Gasteiger partial charge >= 0.3 is 0 Å². The Balaban J connectivity index is 1.51. The van der Waals surface area contributed by atoms with E-state index in [9.17, 15) is 0 Å². The minimum atomic E-state index is 0.722. The van der Waals surface area contributed by atoms with Crippen LogP contribution in [0, 0.1) is 5.92 Å². The molecule has 1 N–H and O–H groups in total. The fourth-order valence-corrected chi connectivity index (χ4v) is 3.53. The first-order valence-corrected chi connectivity index (χ1v) is 7.84. The van der Waals surface area contributed by atoms with Crippen LogP contribution in [-0.2, 0) is 6.42 Å². The Bertz CT molecular complexity index is 350. The lowest BCUT2D eigenvalue weighted by Crippen LogP contribution is -2.23. The molecule has 1 saturated heterocycles. The van der Waals surface area contributed by atoms with Crippen molar-refractivity contribution in [3.05, 3.63) is 29.8 Å². The Kier molecular flexibility index (Phi) is 3.72. The number of hydrogen-bond acceptors (Lipinski definition) is 2. The van der Waals surface area contributed by atoms with Gasteiger partial charge in [-0.1, -0.05) is 12.1 Å². The van der Waals surface area contributed by atoms with E-state index >= 15 is 0 Å². The third kappa shape index (κ3) is 3.49. The van der Waals surface area contributed by atoms with E-state index in [0.29, 0.717) is 0 Å². The average Bonchev–Trinajstić information content (AvgIpc) is 3.05. The molecular weight excluding hydrogens is 226 g/mol. The standard InChI is InChI=1S/C15H21NS/c1-2-14(16-9-1)10-12-5-7-15(8-6-12)17-11-13-3-4-13/h5-8,13-14,16H,1-4,9-11H2. The SMILES string of the molecule is c1cc(SCC2CC2)ccc1CC1CCCN1. The first-order valence-electron chi connectivity index (χ1n) is 6.85. The highest BCUT2D eigenvalue weighted by molar-refractivity contribution is 7.99. The smallest absolute Gasteiger partial charge is 0.0108 e. The molecule has 1 heterocycles. The maximum atomic E-state index is 3.56. The first-order chi connectivity index (χ1) is 8.40. The molecule has 1 atom stereocenters. The molecule has 2 fully saturated rings. The summed E-state index contributed by atoms with van der Waals surface area (Å²) in [6, 6.07) is 9.96. The number of rotatable bonds is 5. The van der Waals surface area contributed by atoms with Gasteiger partial charge in [-0.15, -0.1) is 11.8 Å². The van der Waals surface area contributed by atoms with Gasteiger partial charge in [0.25, 0.3) is 0 Å². The first kappa shape index (κ1) is 11.6. The summed E-state index contributed by atoms with van der Waals surface area (Å²) in [6.07, 6.45) is 6.81. The lowest BCUT2D eigenvalue weighted by atomic mass is 10.1. The van der Waals surface area contributed by atoms with Gasteiger partial charge in [0, 0.05) is 16.7 Å². The summed E-state index contributed by atoms with van der Waals surface area (Å²) < 4.78 is 0. The summed E-state index contributed by atoms with van der Waals surface area (Å²) in [4.78, 5) is 1.44.